The summed E-state index contributed by atoms with van der Waals surface area (Å²) in [5.41, 5.74) is 0. The topological polar surface area (TPSA) is 37.3 Å². The molecule has 0 aliphatic heterocycles. The number of hydrogen-bond donors (Lipinski definition) is 1. The van der Waals surface area contributed by atoms with Gasteiger partial charge >= 0.3 is 53.4 Å². The number of carboxylic acid groups (broad SMARTS) is 1. The molecule has 0 aliphatic rings. The van der Waals surface area contributed by atoms with Crippen LogP contribution in [0.4, 0.5) is 0 Å². The van der Waals surface area contributed by atoms with Crippen LogP contribution in [-0.2, 0) is 4.79 Å². The van der Waals surface area contributed by atoms with Gasteiger partial charge in [-0.2, -0.15) is 0 Å². The molecule has 0 bridgehead atoms. The zero-order valence-electron chi connectivity index (χ0n) is 5.35. The number of carbonyl (C=O) groups is 1. The maximum absolute atomic E-state index is 9.93. The molecule has 0 aromatic rings. The van der Waals surface area contributed by atoms with Crippen LogP contribution in [0.5, 0.6) is 0 Å². The van der Waals surface area contributed by atoms with Crippen molar-refractivity contribution in [3.8, 4) is 0 Å². The van der Waals surface area contributed by atoms with E-state index in [2.05, 4.69) is 11.5 Å². The monoisotopic (exact) mass is 178 g/mol. The first-order chi connectivity index (χ1) is 3.63. The fourth-order valence-electron chi connectivity index (χ4n) is 0.412. The minimum atomic E-state index is -0.997. The van der Waals surface area contributed by atoms with Gasteiger partial charge in [-0.3, -0.25) is 0 Å². The zero-order valence-corrected chi connectivity index (χ0v) is 7.77. The summed E-state index contributed by atoms with van der Waals surface area (Å²) in [5, 5.41) is 9.17. The Morgan fingerprint density at radius 3 is 2.25 bits per heavy atom. The standard InChI is InChI=1S/C5H12GeO2/c1-6(2)4-3-5(7)8/h6H,3-4H2,1-2H3,(H,7,8). The van der Waals surface area contributed by atoms with Crippen LogP contribution in [0, 0.1) is 0 Å². The third kappa shape index (κ3) is 6.01. The first kappa shape index (κ1) is 8.01. The molecule has 0 unspecified atom stereocenters. The molecule has 1 N–H and O–H groups in total. The molecule has 48 valence electrons. The van der Waals surface area contributed by atoms with E-state index in [0.29, 0.717) is 6.42 Å². The maximum atomic E-state index is 9.93. The van der Waals surface area contributed by atoms with E-state index in [1.807, 2.05) is 0 Å². The van der Waals surface area contributed by atoms with Crippen LogP contribution in [0.2, 0.25) is 16.8 Å². The first-order valence-electron chi connectivity index (χ1n) is 2.84. The second kappa shape index (κ2) is 3.95. The van der Waals surface area contributed by atoms with Gasteiger partial charge in [-0.1, -0.05) is 0 Å². The van der Waals surface area contributed by atoms with Gasteiger partial charge in [0.25, 0.3) is 0 Å². The van der Waals surface area contributed by atoms with Gasteiger partial charge in [-0.25, -0.2) is 0 Å². The molecule has 0 rings (SSSR count). The number of aliphatic carboxylic acids is 1. The van der Waals surface area contributed by atoms with Gasteiger partial charge in [0.15, 0.2) is 0 Å². The van der Waals surface area contributed by atoms with E-state index in [4.69, 9.17) is 5.11 Å². The van der Waals surface area contributed by atoms with Crippen molar-refractivity contribution in [3.63, 3.8) is 0 Å². The molecule has 0 radical (unpaired) electrons. The number of rotatable bonds is 3. The molecule has 0 saturated carbocycles. The van der Waals surface area contributed by atoms with Crippen molar-refractivity contribution in [2.75, 3.05) is 0 Å². The normalized spacial score (nSPS) is 9.88. The SMILES string of the molecule is [CH3][GeH]([CH3])[CH2]CC(=O)O. The van der Waals surface area contributed by atoms with E-state index in [1.54, 1.807) is 0 Å². The van der Waals surface area contributed by atoms with Crippen molar-refractivity contribution >= 4 is 20.3 Å². The van der Waals surface area contributed by atoms with Crippen molar-refractivity contribution in [2.24, 2.45) is 0 Å². The van der Waals surface area contributed by atoms with Crippen molar-refractivity contribution < 1.29 is 9.90 Å². The summed E-state index contributed by atoms with van der Waals surface area (Å²) >= 11 is -0.997. The second-order valence-corrected chi connectivity index (χ2v) is 9.39. The van der Waals surface area contributed by atoms with E-state index in [0.717, 1.165) is 5.25 Å². The van der Waals surface area contributed by atoms with Crippen molar-refractivity contribution in [2.45, 2.75) is 23.2 Å². The Bertz CT molecular complexity index is 80.5. The molecule has 0 spiro atoms. The molecule has 2 nitrogen and oxygen atoms in total. The number of carboxylic acids is 1. The van der Waals surface area contributed by atoms with E-state index in [-0.39, 0.29) is 0 Å². The average molecular weight is 177 g/mol. The van der Waals surface area contributed by atoms with Gasteiger partial charge in [-0.15, -0.1) is 0 Å². The molecule has 0 fully saturated rings. The molecule has 0 aliphatic carbocycles. The van der Waals surface area contributed by atoms with Gasteiger partial charge in [0.2, 0.25) is 0 Å². The summed E-state index contributed by atoms with van der Waals surface area (Å²) in [6.07, 6.45) is 0.387. The molecule has 0 aromatic carbocycles. The molecule has 0 atom stereocenters. The second-order valence-electron chi connectivity index (χ2n) is 2.33. The van der Waals surface area contributed by atoms with Gasteiger partial charge < -0.3 is 0 Å². The van der Waals surface area contributed by atoms with Gasteiger partial charge in [0, 0.05) is 0 Å². The Balaban J connectivity index is 3.05. The molecular formula is C5H12GeO2. The fourth-order valence-corrected chi connectivity index (χ4v) is 2.14. The van der Waals surface area contributed by atoms with Crippen molar-refractivity contribution in [1.82, 2.24) is 0 Å². The Kier molecular flexibility index (Phi) is 3.96. The summed E-state index contributed by atoms with van der Waals surface area (Å²) in [6.45, 7) is 0. The third-order valence-corrected chi connectivity index (χ3v) is 3.96. The van der Waals surface area contributed by atoms with Crippen LogP contribution in [0.25, 0.3) is 0 Å². The zero-order chi connectivity index (χ0) is 6.57. The van der Waals surface area contributed by atoms with Gasteiger partial charge in [0.1, 0.15) is 0 Å². The molecular weight excluding hydrogens is 165 g/mol. The summed E-state index contributed by atoms with van der Waals surface area (Å²) in [5.74, 6) is 3.76. The minimum absolute atomic E-state index is 0.387. The predicted octanol–water partition coefficient (Wildman–Crippen LogP) is 0.948. The molecule has 8 heavy (non-hydrogen) atoms. The van der Waals surface area contributed by atoms with E-state index in [9.17, 15) is 4.79 Å². The van der Waals surface area contributed by atoms with Crippen LogP contribution in [0.1, 0.15) is 6.42 Å². The van der Waals surface area contributed by atoms with E-state index >= 15 is 0 Å². The Morgan fingerprint density at radius 1 is 1.62 bits per heavy atom. The van der Waals surface area contributed by atoms with Crippen molar-refractivity contribution in [3.05, 3.63) is 0 Å². The van der Waals surface area contributed by atoms with E-state index < -0.39 is 20.3 Å². The summed E-state index contributed by atoms with van der Waals surface area (Å²) < 4.78 is 0. The fraction of sp³-hybridized carbons (Fsp3) is 0.800. The molecule has 0 saturated heterocycles. The Hall–Kier alpha value is 0.0129. The summed E-state index contributed by atoms with van der Waals surface area (Å²) in [4.78, 5) is 9.93. The quantitative estimate of drug-likeness (QED) is 0.651. The van der Waals surface area contributed by atoms with Crippen LogP contribution in [0.3, 0.4) is 0 Å². The summed E-state index contributed by atoms with van der Waals surface area (Å²) in [6, 6.07) is 0. The summed E-state index contributed by atoms with van der Waals surface area (Å²) in [7, 11) is 0. The van der Waals surface area contributed by atoms with E-state index in [1.165, 1.54) is 0 Å². The van der Waals surface area contributed by atoms with Crippen LogP contribution < -0.4 is 0 Å². The number of hydrogen-bond acceptors (Lipinski definition) is 1. The third-order valence-electron chi connectivity index (χ3n) is 0.936. The van der Waals surface area contributed by atoms with Crippen molar-refractivity contribution in [1.29, 1.82) is 0 Å². The van der Waals surface area contributed by atoms with Crippen LogP contribution in [-0.4, -0.2) is 25.4 Å². The average Bonchev–Trinajstić information content (AvgIpc) is 1.61. The molecule has 0 amide bonds. The molecule has 3 heteroatoms. The molecule has 0 heterocycles. The first-order valence-corrected chi connectivity index (χ1v) is 9.40. The predicted molar refractivity (Wildman–Crippen MR) is 35.9 cm³/mol. The van der Waals surface area contributed by atoms with Gasteiger partial charge in [0.05, 0.1) is 0 Å². The van der Waals surface area contributed by atoms with Crippen LogP contribution >= 0.6 is 0 Å². The van der Waals surface area contributed by atoms with Crippen LogP contribution in [0.15, 0.2) is 0 Å². The Morgan fingerprint density at radius 2 is 2.12 bits per heavy atom. The Labute approximate surface area is 54.0 Å². The molecule has 0 aromatic heterocycles. The van der Waals surface area contributed by atoms with Gasteiger partial charge in [-0.05, 0) is 0 Å².